The highest BCUT2D eigenvalue weighted by atomic mass is 16.5. The Morgan fingerprint density at radius 2 is 2.50 bits per heavy atom. The lowest BCUT2D eigenvalue weighted by molar-refractivity contribution is -0.00955. The average Bonchev–Trinajstić information content (AvgIpc) is 2.47. The Labute approximate surface area is 70.9 Å². The molecular weight excluding hydrogens is 156 g/mol. The summed E-state index contributed by atoms with van der Waals surface area (Å²) in [5.41, 5.74) is 0.946. The Hall–Kier alpha value is -0.870. The third-order valence-electron chi connectivity index (χ3n) is 2.03. The molecule has 1 N–H and O–H groups in total. The molecule has 0 saturated carbocycles. The van der Waals surface area contributed by atoms with Crippen LogP contribution in [0.5, 0.6) is 0 Å². The van der Waals surface area contributed by atoms with Crippen molar-refractivity contribution < 1.29 is 9.26 Å². The fourth-order valence-electron chi connectivity index (χ4n) is 1.22. The molecule has 1 fully saturated rings. The van der Waals surface area contributed by atoms with E-state index in [4.69, 9.17) is 9.26 Å². The van der Waals surface area contributed by atoms with E-state index in [9.17, 15) is 0 Å². The van der Waals surface area contributed by atoms with Crippen LogP contribution in [-0.2, 0) is 4.74 Å². The maximum atomic E-state index is 5.05. The van der Waals surface area contributed by atoms with E-state index < -0.39 is 0 Å². The van der Waals surface area contributed by atoms with Crippen molar-refractivity contribution >= 4 is 0 Å². The van der Waals surface area contributed by atoms with Crippen LogP contribution in [-0.4, -0.2) is 24.4 Å². The van der Waals surface area contributed by atoms with Gasteiger partial charge in [0.25, 0.3) is 0 Å². The molecule has 12 heavy (non-hydrogen) atoms. The van der Waals surface area contributed by atoms with Crippen molar-refractivity contribution in [1.29, 1.82) is 0 Å². The number of hydrogen-bond donors (Lipinski definition) is 1. The Morgan fingerprint density at radius 1 is 1.67 bits per heavy atom. The Balaban J connectivity index is 1.87. The third kappa shape index (κ3) is 1.49. The quantitative estimate of drug-likeness (QED) is 0.722. The molecule has 0 bridgehead atoms. The summed E-state index contributed by atoms with van der Waals surface area (Å²) < 4.78 is 9.79. The van der Waals surface area contributed by atoms with Gasteiger partial charge in [-0.1, -0.05) is 5.16 Å². The van der Waals surface area contributed by atoms with Crippen molar-refractivity contribution in [2.45, 2.75) is 19.0 Å². The van der Waals surface area contributed by atoms with Gasteiger partial charge in [-0.05, 0) is 6.92 Å². The minimum Gasteiger partial charge on any atom is -0.378 e. The molecule has 1 unspecified atom stereocenters. The number of nitrogens with zero attached hydrogens (tertiary/aromatic N) is 1. The van der Waals surface area contributed by atoms with Gasteiger partial charge in [0.1, 0.15) is 12.0 Å². The van der Waals surface area contributed by atoms with Crippen LogP contribution in [0.2, 0.25) is 0 Å². The summed E-state index contributed by atoms with van der Waals surface area (Å²) in [7, 11) is 0. The largest absolute Gasteiger partial charge is 0.378 e. The Bertz CT molecular complexity index is 231. The van der Waals surface area contributed by atoms with Gasteiger partial charge in [-0.2, -0.15) is 0 Å². The lowest BCUT2D eigenvalue weighted by atomic mass is 10.2. The van der Waals surface area contributed by atoms with E-state index in [1.165, 1.54) is 0 Å². The molecule has 2 heterocycles. The summed E-state index contributed by atoms with van der Waals surface area (Å²) in [5, 5.41) is 7.22. The monoisotopic (exact) mass is 168 g/mol. The van der Waals surface area contributed by atoms with Gasteiger partial charge in [0, 0.05) is 6.07 Å². The summed E-state index contributed by atoms with van der Waals surface area (Å²) >= 11 is 0. The van der Waals surface area contributed by atoms with E-state index in [2.05, 4.69) is 17.4 Å². The van der Waals surface area contributed by atoms with Gasteiger partial charge in [0.05, 0.1) is 25.3 Å². The molecule has 0 amide bonds. The molecule has 2 rings (SSSR count). The maximum absolute atomic E-state index is 5.05. The van der Waals surface area contributed by atoms with Gasteiger partial charge < -0.3 is 14.6 Å². The van der Waals surface area contributed by atoms with Crippen LogP contribution in [0.25, 0.3) is 0 Å². The van der Waals surface area contributed by atoms with Gasteiger partial charge >= 0.3 is 0 Å². The van der Waals surface area contributed by atoms with Crippen molar-refractivity contribution in [3.63, 3.8) is 0 Å². The first-order valence-corrected chi connectivity index (χ1v) is 4.10. The zero-order chi connectivity index (χ0) is 8.39. The van der Waals surface area contributed by atoms with E-state index in [1.807, 2.05) is 6.07 Å². The second kappa shape index (κ2) is 3.25. The molecule has 1 aliphatic rings. The predicted molar refractivity (Wildman–Crippen MR) is 42.7 cm³/mol. The van der Waals surface area contributed by atoms with Crippen LogP contribution in [0.1, 0.15) is 18.7 Å². The van der Waals surface area contributed by atoms with E-state index in [1.54, 1.807) is 6.26 Å². The zero-order valence-corrected chi connectivity index (χ0v) is 6.99. The molecule has 1 aromatic heterocycles. The molecular formula is C8H12N2O2. The molecule has 0 aromatic carbocycles. The van der Waals surface area contributed by atoms with Crippen molar-refractivity contribution in [2.24, 2.45) is 0 Å². The van der Waals surface area contributed by atoms with Crippen LogP contribution in [0.3, 0.4) is 0 Å². The van der Waals surface area contributed by atoms with Gasteiger partial charge in [-0.25, -0.2) is 0 Å². The minimum atomic E-state index is 0.248. The first-order chi connectivity index (χ1) is 5.86. The van der Waals surface area contributed by atoms with Gasteiger partial charge in [-0.15, -0.1) is 0 Å². The standard InChI is InChI=1S/C8H12N2O2/c1-6(8-2-3-12-10-8)9-7-4-11-5-7/h2-3,6-7,9H,4-5H2,1H3. The highest BCUT2D eigenvalue weighted by Crippen LogP contribution is 2.12. The highest BCUT2D eigenvalue weighted by Gasteiger charge is 2.21. The summed E-state index contributed by atoms with van der Waals surface area (Å²) in [6, 6.07) is 2.60. The first-order valence-electron chi connectivity index (χ1n) is 4.10. The molecule has 0 spiro atoms. The highest BCUT2D eigenvalue weighted by molar-refractivity contribution is 5.02. The van der Waals surface area contributed by atoms with Crippen LogP contribution in [0.15, 0.2) is 16.9 Å². The maximum Gasteiger partial charge on any atom is 0.124 e. The minimum absolute atomic E-state index is 0.248. The number of aromatic nitrogens is 1. The van der Waals surface area contributed by atoms with Gasteiger partial charge in [-0.3, -0.25) is 0 Å². The average molecular weight is 168 g/mol. The number of hydrogen-bond acceptors (Lipinski definition) is 4. The van der Waals surface area contributed by atoms with Crippen molar-refractivity contribution in [1.82, 2.24) is 10.5 Å². The summed E-state index contributed by atoms with van der Waals surface area (Å²) in [5.74, 6) is 0. The topological polar surface area (TPSA) is 47.3 Å². The van der Waals surface area contributed by atoms with E-state index >= 15 is 0 Å². The molecule has 0 radical (unpaired) electrons. The van der Waals surface area contributed by atoms with Crippen molar-refractivity contribution in [3.8, 4) is 0 Å². The van der Waals surface area contributed by atoms with E-state index in [0.29, 0.717) is 6.04 Å². The molecule has 0 aliphatic carbocycles. The van der Waals surface area contributed by atoms with E-state index in [0.717, 1.165) is 18.9 Å². The molecule has 1 atom stereocenters. The van der Waals surface area contributed by atoms with Crippen LogP contribution in [0.4, 0.5) is 0 Å². The summed E-state index contributed by atoms with van der Waals surface area (Å²) in [4.78, 5) is 0. The second-order valence-electron chi connectivity index (χ2n) is 3.05. The SMILES string of the molecule is CC(NC1COC1)c1ccon1. The predicted octanol–water partition coefficient (Wildman–Crippen LogP) is 0.724. The fourth-order valence-corrected chi connectivity index (χ4v) is 1.22. The molecule has 1 saturated heterocycles. The normalized spacial score (nSPS) is 20.4. The van der Waals surface area contributed by atoms with Gasteiger partial charge in [0.2, 0.25) is 0 Å². The number of ether oxygens (including phenoxy) is 1. The molecule has 1 aromatic rings. The van der Waals surface area contributed by atoms with Crippen LogP contribution < -0.4 is 5.32 Å². The lowest BCUT2D eigenvalue weighted by Crippen LogP contribution is -2.46. The van der Waals surface area contributed by atoms with E-state index in [-0.39, 0.29) is 6.04 Å². The smallest absolute Gasteiger partial charge is 0.124 e. The molecule has 1 aliphatic heterocycles. The second-order valence-corrected chi connectivity index (χ2v) is 3.05. The third-order valence-corrected chi connectivity index (χ3v) is 2.03. The zero-order valence-electron chi connectivity index (χ0n) is 6.99. The Morgan fingerprint density at radius 3 is 3.00 bits per heavy atom. The summed E-state index contributed by atoms with van der Waals surface area (Å²) in [6.07, 6.45) is 1.59. The first kappa shape index (κ1) is 7.76. The fraction of sp³-hybridized carbons (Fsp3) is 0.625. The lowest BCUT2D eigenvalue weighted by Gasteiger charge is -2.29. The van der Waals surface area contributed by atoms with Crippen molar-refractivity contribution in [3.05, 3.63) is 18.0 Å². The molecule has 4 nitrogen and oxygen atoms in total. The summed E-state index contributed by atoms with van der Waals surface area (Å²) in [6.45, 7) is 3.68. The van der Waals surface area contributed by atoms with Crippen LogP contribution in [0, 0.1) is 0 Å². The van der Waals surface area contributed by atoms with Gasteiger partial charge in [0.15, 0.2) is 0 Å². The van der Waals surface area contributed by atoms with Crippen LogP contribution >= 0.6 is 0 Å². The van der Waals surface area contributed by atoms with Crippen molar-refractivity contribution in [2.75, 3.05) is 13.2 Å². The molecule has 4 heteroatoms. The Kier molecular flexibility index (Phi) is 2.10. The number of nitrogens with one attached hydrogen (secondary N) is 1. The molecule has 66 valence electrons. The number of rotatable bonds is 3.